The van der Waals surface area contributed by atoms with Gasteiger partial charge in [-0.3, -0.25) is 4.90 Å². The summed E-state index contributed by atoms with van der Waals surface area (Å²) in [6, 6.07) is 23.6. The van der Waals surface area contributed by atoms with Crippen LogP contribution in [0.25, 0.3) is 0 Å². The Morgan fingerprint density at radius 1 is 1.09 bits per heavy atom. The van der Waals surface area contributed by atoms with Gasteiger partial charge in [-0.15, -0.1) is 0 Å². The molecule has 0 spiro atoms. The molecule has 7 heteroatoms. The van der Waals surface area contributed by atoms with Crippen molar-refractivity contribution < 1.29 is 19.1 Å². The Labute approximate surface area is 198 Å². The van der Waals surface area contributed by atoms with Gasteiger partial charge in [-0.1, -0.05) is 65.3 Å². The van der Waals surface area contributed by atoms with E-state index in [2.05, 4.69) is 10.1 Å². The molecule has 1 aliphatic rings. The summed E-state index contributed by atoms with van der Waals surface area (Å²) in [5.74, 6) is 0.393. The molecule has 1 aliphatic heterocycles. The standard InChI is InChI=1S/C26H26ClFN2O3/c27-20-8-6-7-19(13-20)15-30(16-21(31)18-32-22-9-2-1-3-10-22)17-23-14-26(29-33-23)24-11-4-5-12-25(24)28/h1-13,21,23,31H,14-18H2/t21-,23-/m0/s1. The molecule has 5 nitrogen and oxygen atoms in total. The first-order valence-corrected chi connectivity index (χ1v) is 11.2. The number of rotatable bonds is 10. The molecule has 0 aliphatic carbocycles. The van der Waals surface area contributed by atoms with Crippen molar-refractivity contribution in [2.45, 2.75) is 25.2 Å². The molecule has 0 fully saturated rings. The minimum Gasteiger partial charge on any atom is -0.491 e. The van der Waals surface area contributed by atoms with Crippen LogP contribution >= 0.6 is 11.6 Å². The van der Waals surface area contributed by atoms with Crippen molar-refractivity contribution in [2.75, 3.05) is 19.7 Å². The van der Waals surface area contributed by atoms with E-state index in [-0.39, 0.29) is 18.5 Å². The molecule has 0 bridgehead atoms. The third-order valence-corrected chi connectivity index (χ3v) is 5.56. The van der Waals surface area contributed by atoms with Gasteiger partial charge < -0.3 is 14.7 Å². The second kappa shape index (κ2) is 11.3. The molecule has 4 rings (SSSR count). The zero-order chi connectivity index (χ0) is 23.0. The fraction of sp³-hybridized carbons (Fsp3) is 0.269. The largest absolute Gasteiger partial charge is 0.491 e. The molecule has 0 saturated heterocycles. The molecule has 3 aromatic rings. The number of hydrogen-bond acceptors (Lipinski definition) is 5. The van der Waals surface area contributed by atoms with Crippen molar-refractivity contribution >= 4 is 17.3 Å². The van der Waals surface area contributed by atoms with E-state index in [0.717, 1.165) is 5.56 Å². The molecule has 0 radical (unpaired) electrons. The number of ether oxygens (including phenoxy) is 1. The Balaban J connectivity index is 1.39. The molecule has 3 aromatic carbocycles. The maximum atomic E-state index is 14.1. The van der Waals surface area contributed by atoms with Crippen LogP contribution in [0, 0.1) is 5.82 Å². The number of para-hydroxylation sites is 1. The molecule has 0 aromatic heterocycles. The highest BCUT2D eigenvalue weighted by Gasteiger charge is 2.27. The second-order valence-corrected chi connectivity index (χ2v) is 8.49. The fourth-order valence-corrected chi connectivity index (χ4v) is 4.04. The van der Waals surface area contributed by atoms with Crippen LogP contribution in [0.5, 0.6) is 5.75 Å². The maximum Gasteiger partial charge on any atom is 0.145 e. The molecular weight excluding hydrogens is 443 g/mol. The Hall–Kier alpha value is -2.93. The van der Waals surface area contributed by atoms with E-state index in [1.807, 2.05) is 54.6 Å². The minimum atomic E-state index is -0.710. The third-order valence-electron chi connectivity index (χ3n) is 5.33. The SMILES string of the molecule is O[C@H](COc1ccccc1)CN(Cc1cccc(Cl)c1)C[C@@H]1CC(c2ccccc2F)=NO1. The van der Waals surface area contributed by atoms with Crippen LogP contribution in [-0.2, 0) is 11.4 Å². The third kappa shape index (κ3) is 6.78. The van der Waals surface area contributed by atoms with Crippen molar-refractivity contribution in [3.63, 3.8) is 0 Å². The van der Waals surface area contributed by atoms with E-state index in [4.69, 9.17) is 21.2 Å². The number of aliphatic hydroxyl groups is 1. The summed E-state index contributed by atoms with van der Waals surface area (Å²) in [5, 5.41) is 15.4. The maximum absolute atomic E-state index is 14.1. The zero-order valence-electron chi connectivity index (χ0n) is 18.1. The molecule has 1 heterocycles. The highest BCUT2D eigenvalue weighted by molar-refractivity contribution is 6.30. The minimum absolute atomic E-state index is 0.165. The normalized spacial score (nSPS) is 16.4. The first-order valence-electron chi connectivity index (χ1n) is 10.9. The van der Waals surface area contributed by atoms with Crippen LogP contribution in [0.3, 0.4) is 0 Å². The fourth-order valence-electron chi connectivity index (χ4n) is 3.83. The van der Waals surface area contributed by atoms with E-state index in [1.54, 1.807) is 18.2 Å². The van der Waals surface area contributed by atoms with Crippen molar-refractivity contribution in [1.29, 1.82) is 0 Å². The topological polar surface area (TPSA) is 54.3 Å². The summed E-state index contributed by atoms with van der Waals surface area (Å²) in [5.41, 5.74) is 2.07. The zero-order valence-corrected chi connectivity index (χ0v) is 18.9. The Bertz CT molecular complexity index is 1080. The molecule has 0 unspecified atom stereocenters. The lowest BCUT2D eigenvalue weighted by atomic mass is 10.0. The highest BCUT2D eigenvalue weighted by atomic mass is 35.5. The van der Waals surface area contributed by atoms with Crippen molar-refractivity contribution in [3.05, 3.63) is 101 Å². The number of benzene rings is 3. The van der Waals surface area contributed by atoms with Gasteiger partial charge in [0.05, 0.1) is 5.71 Å². The number of aliphatic hydroxyl groups excluding tert-OH is 1. The number of halogens is 2. The summed E-state index contributed by atoms with van der Waals surface area (Å²) in [6.07, 6.45) is -0.470. The molecule has 172 valence electrons. The quantitative estimate of drug-likeness (QED) is 0.459. The number of hydrogen-bond donors (Lipinski definition) is 1. The second-order valence-electron chi connectivity index (χ2n) is 8.05. The first kappa shape index (κ1) is 23.2. The van der Waals surface area contributed by atoms with Gasteiger partial charge in [-0.25, -0.2) is 4.39 Å². The van der Waals surface area contributed by atoms with Crippen LogP contribution in [0.4, 0.5) is 4.39 Å². The van der Waals surface area contributed by atoms with Crippen molar-refractivity contribution in [2.24, 2.45) is 5.16 Å². The predicted octanol–water partition coefficient (Wildman–Crippen LogP) is 4.91. The summed E-state index contributed by atoms with van der Waals surface area (Å²) >= 11 is 6.16. The number of oxime groups is 1. The number of nitrogens with zero attached hydrogens (tertiary/aromatic N) is 2. The lowest BCUT2D eigenvalue weighted by Gasteiger charge is -2.27. The van der Waals surface area contributed by atoms with Gasteiger partial charge in [0.1, 0.15) is 30.4 Å². The summed E-state index contributed by atoms with van der Waals surface area (Å²) in [4.78, 5) is 7.70. The molecule has 0 saturated carbocycles. The van der Waals surface area contributed by atoms with Gasteiger partial charge in [0.25, 0.3) is 0 Å². The average molecular weight is 469 g/mol. The summed E-state index contributed by atoms with van der Waals surface area (Å²) in [6.45, 7) is 1.61. The van der Waals surface area contributed by atoms with Crippen LogP contribution in [0.15, 0.2) is 84.0 Å². The van der Waals surface area contributed by atoms with Crippen molar-refractivity contribution in [3.8, 4) is 5.75 Å². The molecule has 33 heavy (non-hydrogen) atoms. The van der Waals surface area contributed by atoms with Crippen LogP contribution < -0.4 is 4.74 Å². The Morgan fingerprint density at radius 3 is 2.67 bits per heavy atom. The van der Waals surface area contributed by atoms with E-state index in [9.17, 15) is 9.50 Å². The van der Waals surface area contributed by atoms with E-state index >= 15 is 0 Å². The highest BCUT2D eigenvalue weighted by Crippen LogP contribution is 2.21. The van der Waals surface area contributed by atoms with Crippen LogP contribution in [0.2, 0.25) is 5.02 Å². The smallest absolute Gasteiger partial charge is 0.145 e. The average Bonchev–Trinajstić information content (AvgIpc) is 3.27. The van der Waals surface area contributed by atoms with Gasteiger partial charge in [0.2, 0.25) is 0 Å². The van der Waals surface area contributed by atoms with Crippen LogP contribution in [0.1, 0.15) is 17.5 Å². The van der Waals surface area contributed by atoms with Gasteiger partial charge in [-0.2, -0.15) is 0 Å². The summed E-state index contributed by atoms with van der Waals surface area (Å²) in [7, 11) is 0. The molecular formula is C26H26ClFN2O3. The Morgan fingerprint density at radius 2 is 1.88 bits per heavy atom. The van der Waals surface area contributed by atoms with Crippen LogP contribution in [-0.4, -0.2) is 47.6 Å². The van der Waals surface area contributed by atoms with Gasteiger partial charge in [-0.05, 0) is 35.9 Å². The predicted molar refractivity (Wildman–Crippen MR) is 127 cm³/mol. The van der Waals surface area contributed by atoms with Gasteiger partial charge in [0, 0.05) is 36.6 Å². The van der Waals surface area contributed by atoms with Crippen molar-refractivity contribution in [1.82, 2.24) is 4.90 Å². The van der Waals surface area contributed by atoms with E-state index in [0.29, 0.717) is 48.1 Å². The summed E-state index contributed by atoms with van der Waals surface area (Å²) < 4.78 is 19.8. The lowest BCUT2D eigenvalue weighted by molar-refractivity contribution is 0.0213. The molecule has 0 amide bonds. The Kier molecular flexibility index (Phi) is 7.94. The van der Waals surface area contributed by atoms with Gasteiger partial charge in [0.15, 0.2) is 0 Å². The first-order chi connectivity index (χ1) is 16.1. The monoisotopic (exact) mass is 468 g/mol. The molecule has 1 N–H and O–H groups in total. The van der Waals surface area contributed by atoms with E-state index < -0.39 is 6.10 Å². The van der Waals surface area contributed by atoms with Gasteiger partial charge >= 0.3 is 0 Å². The van der Waals surface area contributed by atoms with E-state index in [1.165, 1.54) is 6.07 Å². The molecule has 2 atom stereocenters. The lowest BCUT2D eigenvalue weighted by Crippen LogP contribution is -2.39.